The summed E-state index contributed by atoms with van der Waals surface area (Å²) in [4.78, 5) is 11.6. The molecular weight excluding hydrogens is 278 g/mol. The van der Waals surface area contributed by atoms with Crippen LogP contribution in [-0.4, -0.2) is 16.1 Å². The highest BCUT2D eigenvalue weighted by Crippen LogP contribution is 2.24. The average molecular weight is 305 g/mol. The minimum atomic E-state index is -0.176. The van der Waals surface area contributed by atoms with Gasteiger partial charge in [0, 0.05) is 6.54 Å². The van der Waals surface area contributed by atoms with Crippen LogP contribution in [0.1, 0.15) is 57.4 Å². The Morgan fingerprint density at radius 3 is 2.55 bits per heavy atom. The molecule has 0 aliphatic rings. The molecule has 3 N–H and O–H groups in total. The Labute approximate surface area is 132 Å². The van der Waals surface area contributed by atoms with Crippen LogP contribution in [0, 0.1) is 0 Å². The molecule has 4 heteroatoms. The average Bonchev–Trinajstić information content (AvgIpc) is 2.51. The molecule has 0 unspecified atom stereocenters. The highest BCUT2D eigenvalue weighted by Gasteiger charge is 2.01. The lowest BCUT2D eigenvalue weighted by Crippen LogP contribution is -2.20. The second kappa shape index (κ2) is 10.7. The summed E-state index contributed by atoms with van der Waals surface area (Å²) in [6.07, 6.45) is 11.9. The van der Waals surface area contributed by atoms with Crippen LogP contribution in [0.25, 0.3) is 0 Å². The van der Waals surface area contributed by atoms with E-state index >= 15 is 0 Å². The van der Waals surface area contributed by atoms with E-state index in [0.717, 1.165) is 18.4 Å². The van der Waals surface area contributed by atoms with Gasteiger partial charge in [-0.3, -0.25) is 4.79 Å². The normalized spacial score (nSPS) is 11.0. The van der Waals surface area contributed by atoms with Gasteiger partial charge >= 0.3 is 0 Å². The molecule has 0 aromatic heterocycles. The van der Waals surface area contributed by atoms with E-state index in [9.17, 15) is 15.0 Å². The third-order valence-electron chi connectivity index (χ3n) is 3.50. The Kier molecular flexibility index (Phi) is 8.80. The molecule has 0 atom stereocenters. The maximum Gasteiger partial charge on any atom is 0.243 e. The van der Waals surface area contributed by atoms with E-state index in [2.05, 4.69) is 12.2 Å². The Balaban J connectivity index is 2.14. The molecule has 0 aliphatic heterocycles. The van der Waals surface area contributed by atoms with Gasteiger partial charge in [-0.05, 0) is 36.6 Å². The molecule has 1 rings (SSSR count). The van der Waals surface area contributed by atoms with Crippen LogP contribution in [0.3, 0.4) is 0 Å². The van der Waals surface area contributed by atoms with Crippen molar-refractivity contribution in [2.75, 3.05) is 0 Å². The predicted octanol–water partition coefficient (Wildman–Crippen LogP) is 4.02. The highest BCUT2D eigenvalue weighted by atomic mass is 16.3. The van der Waals surface area contributed by atoms with E-state index in [-0.39, 0.29) is 17.4 Å². The first-order chi connectivity index (χ1) is 10.6. The van der Waals surface area contributed by atoms with E-state index < -0.39 is 0 Å². The highest BCUT2D eigenvalue weighted by molar-refractivity contribution is 5.87. The summed E-state index contributed by atoms with van der Waals surface area (Å²) in [6, 6.07) is 4.51. The number of rotatable bonds is 10. The number of phenols is 2. The van der Waals surface area contributed by atoms with Crippen molar-refractivity contribution in [2.24, 2.45) is 0 Å². The molecule has 0 saturated carbocycles. The maximum absolute atomic E-state index is 11.6. The van der Waals surface area contributed by atoms with Gasteiger partial charge in [0.1, 0.15) is 0 Å². The van der Waals surface area contributed by atoms with Crippen LogP contribution < -0.4 is 5.32 Å². The van der Waals surface area contributed by atoms with Crippen molar-refractivity contribution in [1.82, 2.24) is 5.32 Å². The number of phenolic OH excluding ortho intramolecular Hbond substituents is 2. The molecule has 4 nitrogen and oxygen atoms in total. The summed E-state index contributed by atoms with van der Waals surface area (Å²) in [5, 5.41) is 21.3. The summed E-state index contributed by atoms with van der Waals surface area (Å²) < 4.78 is 0. The minimum Gasteiger partial charge on any atom is -0.504 e. The second-order valence-corrected chi connectivity index (χ2v) is 5.50. The van der Waals surface area contributed by atoms with Crippen LogP contribution in [0.15, 0.2) is 30.4 Å². The van der Waals surface area contributed by atoms with E-state index in [1.165, 1.54) is 44.2 Å². The molecular formula is C18H27NO3. The van der Waals surface area contributed by atoms with Gasteiger partial charge in [-0.15, -0.1) is 0 Å². The molecule has 122 valence electrons. The Hall–Kier alpha value is -1.97. The number of benzene rings is 1. The third-order valence-corrected chi connectivity index (χ3v) is 3.50. The number of amides is 1. The fourth-order valence-electron chi connectivity index (χ4n) is 2.16. The van der Waals surface area contributed by atoms with Crippen molar-refractivity contribution in [3.05, 3.63) is 35.9 Å². The van der Waals surface area contributed by atoms with Gasteiger partial charge in [0.25, 0.3) is 0 Å². The van der Waals surface area contributed by atoms with Gasteiger partial charge in [0.15, 0.2) is 11.5 Å². The molecule has 0 spiro atoms. The first-order valence-corrected chi connectivity index (χ1v) is 8.08. The molecule has 0 bridgehead atoms. The molecule has 22 heavy (non-hydrogen) atoms. The zero-order valence-electron chi connectivity index (χ0n) is 13.3. The van der Waals surface area contributed by atoms with Crippen molar-refractivity contribution in [2.45, 2.75) is 58.4 Å². The smallest absolute Gasteiger partial charge is 0.243 e. The summed E-state index contributed by atoms with van der Waals surface area (Å²) in [5.74, 6) is -0.474. The monoisotopic (exact) mass is 305 g/mol. The molecule has 1 amide bonds. The molecule has 1 aromatic rings. The van der Waals surface area contributed by atoms with Crippen molar-refractivity contribution in [3.8, 4) is 11.5 Å². The molecule has 0 fully saturated rings. The number of carbonyl (C=O) groups excluding carboxylic acids is 1. The fourth-order valence-corrected chi connectivity index (χ4v) is 2.16. The van der Waals surface area contributed by atoms with Gasteiger partial charge < -0.3 is 15.5 Å². The van der Waals surface area contributed by atoms with Crippen LogP contribution in [0.4, 0.5) is 0 Å². The maximum atomic E-state index is 11.6. The van der Waals surface area contributed by atoms with Crippen molar-refractivity contribution < 1.29 is 15.0 Å². The SMILES string of the molecule is CCCCCCCCC=CC(=O)NCc1ccc(O)c(O)c1. The Morgan fingerprint density at radius 2 is 1.82 bits per heavy atom. The van der Waals surface area contributed by atoms with Crippen LogP contribution >= 0.6 is 0 Å². The van der Waals surface area contributed by atoms with Gasteiger partial charge in [0.05, 0.1) is 0 Å². The number of unbranched alkanes of at least 4 members (excludes halogenated alkanes) is 6. The van der Waals surface area contributed by atoms with Gasteiger partial charge in [-0.2, -0.15) is 0 Å². The van der Waals surface area contributed by atoms with Gasteiger partial charge in [0.2, 0.25) is 5.91 Å². The fraction of sp³-hybridized carbons (Fsp3) is 0.500. The predicted molar refractivity (Wildman–Crippen MR) is 88.8 cm³/mol. The number of hydrogen-bond donors (Lipinski definition) is 3. The van der Waals surface area contributed by atoms with Crippen LogP contribution in [0.2, 0.25) is 0 Å². The molecule has 1 aromatic carbocycles. The first kappa shape index (κ1) is 18.1. The minimum absolute atomic E-state index is 0.140. The number of allylic oxidation sites excluding steroid dienone is 1. The number of carbonyl (C=O) groups is 1. The number of nitrogens with one attached hydrogen (secondary N) is 1. The van der Waals surface area contributed by atoms with Crippen molar-refractivity contribution >= 4 is 5.91 Å². The van der Waals surface area contributed by atoms with E-state index in [4.69, 9.17) is 0 Å². The topological polar surface area (TPSA) is 69.6 Å². The molecule has 0 aliphatic carbocycles. The lowest BCUT2D eigenvalue weighted by atomic mass is 10.1. The Bertz CT molecular complexity index is 483. The quantitative estimate of drug-likeness (QED) is 0.347. The summed E-state index contributed by atoms with van der Waals surface area (Å²) in [7, 11) is 0. The third kappa shape index (κ3) is 7.72. The lowest BCUT2D eigenvalue weighted by Gasteiger charge is -2.04. The van der Waals surface area contributed by atoms with E-state index in [0.29, 0.717) is 6.54 Å². The zero-order chi connectivity index (χ0) is 16.2. The van der Waals surface area contributed by atoms with Crippen LogP contribution in [0.5, 0.6) is 11.5 Å². The summed E-state index contributed by atoms with van der Waals surface area (Å²) in [6.45, 7) is 2.54. The van der Waals surface area contributed by atoms with Crippen molar-refractivity contribution in [1.29, 1.82) is 0 Å². The molecule has 0 saturated heterocycles. The molecule has 0 radical (unpaired) electrons. The number of aromatic hydroxyl groups is 2. The van der Waals surface area contributed by atoms with E-state index in [1.807, 2.05) is 6.08 Å². The summed E-state index contributed by atoms with van der Waals surface area (Å²) >= 11 is 0. The van der Waals surface area contributed by atoms with Crippen LogP contribution in [-0.2, 0) is 11.3 Å². The zero-order valence-corrected chi connectivity index (χ0v) is 13.3. The summed E-state index contributed by atoms with van der Waals surface area (Å²) in [5.41, 5.74) is 0.743. The van der Waals surface area contributed by atoms with Gasteiger partial charge in [-0.25, -0.2) is 0 Å². The van der Waals surface area contributed by atoms with Crippen molar-refractivity contribution in [3.63, 3.8) is 0 Å². The van der Waals surface area contributed by atoms with E-state index in [1.54, 1.807) is 12.1 Å². The number of hydrogen-bond acceptors (Lipinski definition) is 3. The largest absolute Gasteiger partial charge is 0.504 e. The lowest BCUT2D eigenvalue weighted by molar-refractivity contribution is -0.116. The van der Waals surface area contributed by atoms with Gasteiger partial charge in [-0.1, -0.05) is 51.2 Å². The first-order valence-electron chi connectivity index (χ1n) is 8.08. The molecule has 0 heterocycles. The second-order valence-electron chi connectivity index (χ2n) is 5.50. The standard InChI is InChI=1S/C18H27NO3/c1-2-3-4-5-6-7-8-9-10-18(22)19-14-15-11-12-16(20)17(21)13-15/h9-13,20-21H,2-8,14H2,1H3,(H,19,22). The Morgan fingerprint density at radius 1 is 1.09 bits per heavy atom.